The quantitative estimate of drug-likeness (QED) is 0.831. The molecule has 0 amide bonds. The lowest BCUT2D eigenvalue weighted by atomic mass is 10.0. The Morgan fingerprint density at radius 2 is 2.06 bits per heavy atom. The van der Waals surface area contributed by atoms with Crippen LogP contribution in [0.25, 0.3) is 10.9 Å². The first kappa shape index (κ1) is 10.4. The molecule has 1 fully saturated rings. The summed E-state index contributed by atoms with van der Waals surface area (Å²) in [5, 5.41) is 10.4. The van der Waals surface area contributed by atoms with Crippen LogP contribution in [0.15, 0.2) is 30.5 Å². The van der Waals surface area contributed by atoms with Crippen LogP contribution in [0.2, 0.25) is 0 Å². The van der Waals surface area contributed by atoms with Crippen LogP contribution in [0, 0.1) is 11.3 Å². The molecule has 0 bridgehead atoms. The Bertz CT molecular complexity index is 597. The van der Waals surface area contributed by atoms with Crippen LogP contribution >= 0.6 is 0 Å². The van der Waals surface area contributed by atoms with Crippen molar-refractivity contribution >= 4 is 16.9 Å². The third-order valence-corrected chi connectivity index (χ3v) is 4.05. The lowest BCUT2D eigenvalue weighted by Gasteiger charge is -2.00. The van der Waals surface area contributed by atoms with Crippen molar-refractivity contribution in [1.29, 1.82) is 0 Å². The highest BCUT2D eigenvalue weighted by Gasteiger charge is 2.63. The molecule has 2 aromatic rings. The largest absolute Gasteiger partial charge is 0.481 e. The second-order valence-corrected chi connectivity index (χ2v) is 5.40. The number of H-pyrrole nitrogens is 1. The molecule has 0 unspecified atom stereocenters. The van der Waals surface area contributed by atoms with Crippen LogP contribution in [0.1, 0.15) is 25.3 Å². The van der Waals surface area contributed by atoms with Crippen LogP contribution in [0.4, 0.5) is 0 Å². The van der Waals surface area contributed by atoms with E-state index in [0.717, 1.165) is 16.5 Å². The SMILES string of the molecule is CC1(C)[C@H](C(=O)O)[C@H]1c1c[nH]c2ccccc12. The van der Waals surface area contributed by atoms with Gasteiger partial charge in [-0.25, -0.2) is 0 Å². The van der Waals surface area contributed by atoms with Gasteiger partial charge in [0.1, 0.15) is 0 Å². The molecule has 1 heterocycles. The summed E-state index contributed by atoms with van der Waals surface area (Å²) in [6.07, 6.45) is 1.96. The highest BCUT2D eigenvalue weighted by Crippen LogP contribution is 2.65. The van der Waals surface area contributed by atoms with E-state index >= 15 is 0 Å². The number of aliphatic carboxylic acids is 1. The van der Waals surface area contributed by atoms with Gasteiger partial charge in [-0.05, 0) is 17.0 Å². The van der Waals surface area contributed by atoms with Gasteiger partial charge in [0.25, 0.3) is 0 Å². The van der Waals surface area contributed by atoms with E-state index in [1.165, 1.54) is 0 Å². The monoisotopic (exact) mass is 229 g/mol. The highest BCUT2D eigenvalue weighted by molar-refractivity contribution is 5.87. The Morgan fingerprint density at radius 3 is 2.71 bits per heavy atom. The minimum absolute atomic E-state index is 0.121. The molecule has 1 aromatic carbocycles. The third-order valence-electron chi connectivity index (χ3n) is 4.05. The average molecular weight is 229 g/mol. The van der Waals surface area contributed by atoms with Crippen molar-refractivity contribution in [3.05, 3.63) is 36.0 Å². The van der Waals surface area contributed by atoms with Gasteiger partial charge in [-0.3, -0.25) is 4.79 Å². The van der Waals surface area contributed by atoms with Gasteiger partial charge in [0.2, 0.25) is 0 Å². The Labute approximate surface area is 99.5 Å². The predicted octanol–water partition coefficient (Wildman–Crippen LogP) is 2.99. The molecule has 88 valence electrons. The van der Waals surface area contributed by atoms with E-state index in [1.54, 1.807) is 0 Å². The normalized spacial score (nSPS) is 26.0. The maximum absolute atomic E-state index is 11.2. The molecule has 3 rings (SSSR count). The van der Waals surface area contributed by atoms with Gasteiger partial charge in [-0.15, -0.1) is 0 Å². The number of carboxylic acid groups (broad SMARTS) is 1. The van der Waals surface area contributed by atoms with Crippen molar-refractivity contribution < 1.29 is 9.90 Å². The lowest BCUT2D eigenvalue weighted by molar-refractivity contribution is -0.139. The average Bonchev–Trinajstić information content (AvgIpc) is 2.68. The maximum Gasteiger partial charge on any atom is 0.307 e. The summed E-state index contributed by atoms with van der Waals surface area (Å²) in [4.78, 5) is 14.4. The number of carboxylic acids is 1. The number of para-hydroxylation sites is 1. The molecular formula is C14H15NO2. The lowest BCUT2D eigenvalue weighted by Crippen LogP contribution is -2.03. The number of nitrogens with one attached hydrogen (secondary N) is 1. The number of aromatic nitrogens is 1. The van der Waals surface area contributed by atoms with E-state index in [1.807, 2.05) is 38.2 Å². The maximum atomic E-state index is 11.2. The minimum Gasteiger partial charge on any atom is -0.481 e. The van der Waals surface area contributed by atoms with E-state index in [-0.39, 0.29) is 17.3 Å². The highest BCUT2D eigenvalue weighted by atomic mass is 16.4. The molecule has 1 saturated carbocycles. The van der Waals surface area contributed by atoms with Crippen LogP contribution in [0.3, 0.4) is 0 Å². The molecule has 0 saturated heterocycles. The molecule has 3 heteroatoms. The summed E-state index contributed by atoms with van der Waals surface area (Å²) in [5.74, 6) is -0.830. The summed E-state index contributed by atoms with van der Waals surface area (Å²) in [6, 6.07) is 8.04. The van der Waals surface area contributed by atoms with Crippen LogP contribution in [-0.2, 0) is 4.79 Å². The molecule has 0 radical (unpaired) electrons. The topological polar surface area (TPSA) is 53.1 Å². The zero-order valence-corrected chi connectivity index (χ0v) is 9.90. The summed E-state index contributed by atoms with van der Waals surface area (Å²) in [7, 11) is 0. The van der Waals surface area contributed by atoms with Gasteiger partial charge in [0.05, 0.1) is 5.92 Å². The molecule has 1 aliphatic carbocycles. The summed E-state index contributed by atoms with van der Waals surface area (Å²) < 4.78 is 0. The fourth-order valence-electron chi connectivity index (χ4n) is 3.03. The number of benzene rings is 1. The second kappa shape index (κ2) is 3.13. The second-order valence-electron chi connectivity index (χ2n) is 5.40. The first-order valence-electron chi connectivity index (χ1n) is 5.82. The number of hydrogen-bond acceptors (Lipinski definition) is 1. The van der Waals surface area contributed by atoms with Crippen LogP contribution in [0.5, 0.6) is 0 Å². The zero-order chi connectivity index (χ0) is 12.2. The predicted molar refractivity (Wildman–Crippen MR) is 65.9 cm³/mol. The Kier molecular flexibility index (Phi) is 1.91. The fourth-order valence-corrected chi connectivity index (χ4v) is 3.03. The van der Waals surface area contributed by atoms with E-state index in [9.17, 15) is 9.90 Å². The molecule has 0 aliphatic heterocycles. The summed E-state index contributed by atoms with van der Waals surface area (Å²) >= 11 is 0. The van der Waals surface area contributed by atoms with E-state index in [0.29, 0.717) is 0 Å². The van der Waals surface area contributed by atoms with Crippen molar-refractivity contribution in [3.63, 3.8) is 0 Å². The molecular weight excluding hydrogens is 214 g/mol. The van der Waals surface area contributed by atoms with Gasteiger partial charge in [0, 0.05) is 23.0 Å². The number of hydrogen-bond donors (Lipinski definition) is 2. The summed E-state index contributed by atoms with van der Waals surface area (Å²) in [6.45, 7) is 4.05. The molecule has 1 aliphatic rings. The minimum atomic E-state index is -0.690. The molecule has 2 N–H and O–H groups in total. The Hall–Kier alpha value is -1.77. The Balaban J connectivity index is 2.09. The first-order chi connectivity index (χ1) is 8.03. The number of carbonyl (C=O) groups is 1. The Morgan fingerprint density at radius 1 is 1.35 bits per heavy atom. The van der Waals surface area contributed by atoms with E-state index < -0.39 is 5.97 Å². The van der Waals surface area contributed by atoms with Crippen LogP contribution < -0.4 is 0 Å². The molecule has 0 spiro atoms. The van der Waals surface area contributed by atoms with Crippen molar-refractivity contribution in [2.45, 2.75) is 19.8 Å². The standard InChI is InChI=1S/C14H15NO2/c1-14(2)11(12(14)13(16)17)9-7-15-10-6-4-3-5-8(9)10/h3-7,11-12,15H,1-2H3,(H,16,17)/t11-,12+/m1/s1. The van der Waals surface area contributed by atoms with Gasteiger partial charge in [0.15, 0.2) is 0 Å². The van der Waals surface area contributed by atoms with E-state index in [2.05, 4.69) is 11.1 Å². The first-order valence-corrected chi connectivity index (χ1v) is 5.82. The van der Waals surface area contributed by atoms with E-state index in [4.69, 9.17) is 0 Å². The van der Waals surface area contributed by atoms with Crippen molar-refractivity contribution in [1.82, 2.24) is 4.98 Å². The van der Waals surface area contributed by atoms with Gasteiger partial charge in [-0.2, -0.15) is 0 Å². The number of fused-ring (bicyclic) bond motifs is 1. The van der Waals surface area contributed by atoms with Crippen molar-refractivity contribution in [2.75, 3.05) is 0 Å². The third kappa shape index (κ3) is 1.32. The fraction of sp³-hybridized carbons (Fsp3) is 0.357. The van der Waals surface area contributed by atoms with Gasteiger partial charge >= 0.3 is 5.97 Å². The van der Waals surface area contributed by atoms with Gasteiger partial charge in [-0.1, -0.05) is 32.0 Å². The molecule has 17 heavy (non-hydrogen) atoms. The molecule has 2 atom stereocenters. The molecule has 3 nitrogen and oxygen atoms in total. The van der Waals surface area contributed by atoms with Crippen molar-refractivity contribution in [3.8, 4) is 0 Å². The number of rotatable bonds is 2. The van der Waals surface area contributed by atoms with Crippen LogP contribution in [-0.4, -0.2) is 16.1 Å². The molecule has 1 aromatic heterocycles. The smallest absolute Gasteiger partial charge is 0.307 e. The van der Waals surface area contributed by atoms with Gasteiger partial charge < -0.3 is 10.1 Å². The van der Waals surface area contributed by atoms with Crippen molar-refractivity contribution in [2.24, 2.45) is 11.3 Å². The summed E-state index contributed by atoms with van der Waals surface area (Å²) in [5.41, 5.74) is 2.07. The number of aromatic amines is 1. The zero-order valence-electron chi connectivity index (χ0n) is 9.90.